The average Bonchev–Trinajstić information content (AvgIpc) is 3.19. The lowest BCUT2D eigenvalue weighted by atomic mass is 10.0. The fourth-order valence-electron chi connectivity index (χ4n) is 7.69. The van der Waals surface area contributed by atoms with Crippen molar-refractivity contribution >= 4 is 17.9 Å². The lowest BCUT2D eigenvalue weighted by Crippen LogP contribution is -2.30. The molecule has 57 heavy (non-hydrogen) atoms. The molecule has 0 N–H and O–H groups in total. The standard InChI is InChI=1S/C51H98O6/c1-5-7-9-11-13-15-16-17-18-19-20-23-27-31-35-39-43-50(53)56-46-48(45-55-49(52)42-38-34-30-25-14-12-10-8-6-2)57-51(54)44-40-36-32-28-24-21-22-26-29-33-37-41-47(3)4/h47-48H,5-46H2,1-4H3/t48-/m0/s1. The molecule has 0 bridgehead atoms. The van der Waals surface area contributed by atoms with E-state index >= 15 is 0 Å². The molecule has 0 saturated heterocycles. The number of ether oxygens (including phenoxy) is 3. The zero-order valence-electron chi connectivity index (χ0n) is 38.8. The normalized spacial score (nSPS) is 11.9. The van der Waals surface area contributed by atoms with Crippen LogP contribution in [0.3, 0.4) is 0 Å². The summed E-state index contributed by atoms with van der Waals surface area (Å²) in [6.07, 6.45) is 46.6. The fraction of sp³-hybridized carbons (Fsp3) is 0.941. The summed E-state index contributed by atoms with van der Waals surface area (Å²) in [7, 11) is 0. The second-order valence-electron chi connectivity index (χ2n) is 17.9. The van der Waals surface area contributed by atoms with Gasteiger partial charge >= 0.3 is 17.9 Å². The van der Waals surface area contributed by atoms with Crippen LogP contribution < -0.4 is 0 Å². The van der Waals surface area contributed by atoms with Gasteiger partial charge in [0.25, 0.3) is 0 Å². The summed E-state index contributed by atoms with van der Waals surface area (Å²) in [5.41, 5.74) is 0. The van der Waals surface area contributed by atoms with Gasteiger partial charge in [-0.1, -0.05) is 246 Å². The first kappa shape index (κ1) is 55.4. The highest BCUT2D eigenvalue weighted by atomic mass is 16.6. The van der Waals surface area contributed by atoms with Crippen molar-refractivity contribution in [2.75, 3.05) is 13.2 Å². The first-order valence-electron chi connectivity index (χ1n) is 25.4. The molecule has 0 radical (unpaired) electrons. The highest BCUT2D eigenvalue weighted by Crippen LogP contribution is 2.17. The Kier molecular flexibility index (Phi) is 44.2. The van der Waals surface area contributed by atoms with Crippen LogP contribution in [-0.4, -0.2) is 37.2 Å². The van der Waals surface area contributed by atoms with Crippen molar-refractivity contribution in [3.05, 3.63) is 0 Å². The van der Waals surface area contributed by atoms with Gasteiger partial charge in [0, 0.05) is 19.3 Å². The molecule has 6 heteroatoms. The quantitative estimate of drug-likeness (QED) is 0.0346. The predicted molar refractivity (Wildman–Crippen MR) is 243 cm³/mol. The monoisotopic (exact) mass is 807 g/mol. The van der Waals surface area contributed by atoms with Crippen molar-refractivity contribution < 1.29 is 28.6 Å². The van der Waals surface area contributed by atoms with Crippen LogP contribution in [-0.2, 0) is 28.6 Å². The number of hydrogen-bond acceptors (Lipinski definition) is 6. The Morgan fingerprint density at radius 2 is 0.579 bits per heavy atom. The van der Waals surface area contributed by atoms with Crippen LogP contribution in [0.5, 0.6) is 0 Å². The molecule has 338 valence electrons. The van der Waals surface area contributed by atoms with Gasteiger partial charge in [-0.05, 0) is 25.2 Å². The topological polar surface area (TPSA) is 78.9 Å². The Morgan fingerprint density at radius 3 is 0.860 bits per heavy atom. The second kappa shape index (κ2) is 45.5. The summed E-state index contributed by atoms with van der Waals surface area (Å²) >= 11 is 0. The third-order valence-corrected chi connectivity index (χ3v) is 11.5. The molecule has 0 aliphatic heterocycles. The van der Waals surface area contributed by atoms with E-state index < -0.39 is 6.10 Å². The van der Waals surface area contributed by atoms with E-state index in [1.807, 2.05) is 0 Å². The van der Waals surface area contributed by atoms with Gasteiger partial charge in [-0.25, -0.2) is 0 Å². The van der Waals surface area contributed by atoms with Gasteiger partial charge in [0.05, 0.1) is 0 Å². The SMILES string of the molecule is CCCCCCCCCCCCCCCCCCC(=O)OC[C@H](COC(=O)CCCCCCCCCCC)OC(=O)CCCCCCCCCCCCCC(C)C. The molecule has 0 unspecified atom stereocenters. The van der Waals surface area contributed by atoms with Crippen molar-refractivity contribution in [1.82, 2.24) is 0 Å². The largest absolute Gasteiger partial charge is 0.462 e. The van der Waals surface area contributed by atoms with Gasteiger partial charge < -0.3 is 14.2 Å². The summed E-state index contributed by atoms with van der Waals surface area (Å²) in [4.78, 5) is 37.8. The van der Waals surface area contributed by atoms with Gasteiger partial charge in [-0.15, -0.1) is 0 Å². The number of esters is 3. The van der Waals surface area contributed by atoms with Crippen molar-refractivity contribution in [2.24, 2.45) is 5.92 Å². The lowest BCUT2D eigenvalue weighted by Gasteiger charge is -2.18. The summed E-state index contributed by atoms with van der Waals surface area (Å²) in [5, 5.41) is 0. The minimum atomic E-state index is -0.760. The molecule has 0 heterocycles. The third kappa shape index (κ3) is 45.3. The summed E-state index contributed by atoms with van der Waals surface area (Å²) in [6, 6.07) is 0. The van der Waals surface area contributed by atoms with E-state index in [1.54, 1.807) is 0 Å². The third-order valence-electron chi connectivity index (χ3n) is 11.5. The molecule has 0 amide bonds. The van der Waals surface area contributed by atoms with Gasteiger partial charge in [0.15, 0.2) is 6.10 Å². The number of carbonyl (C=O) groups is 3. The molecule has 0 aliphatic rings. The van der Waals surface area contributed by atoms with E-state index in [1.165, 1.54) is 180 Å². The van der Waals surface area contributed by atoms with E-state index in [9.17, 15) is 14.4 Å². The zero-order chi connectivity index (χ0) is 41.7. The van der Waals surface area contributed by atoms with Gasteiger partial charge in [0.1, 0.15) is 13.2 Å². The summed E-state index contributed by atoms with van der Waals surface area (Å²) in [6.45, 7) is 9.00. The van der Waals surface area contributed by atoms with Gasteiger partial charge in [-0.2, -0.15) is 0 Å². The molecule has 0 spiro atoms. The van der Waals surface area contributed by atoms with E-state index in [-0.39, 0.29) is 31.1 Å². The maximum absolute atomic E-state index is 12.8. The molecular weight excluding hydrogens is 709 g/mol. The Hall–Kier alpha value is -1.59. The molecule has 0 fully saturated rings. The lowest BCUT2D eigenvalue weighted by molar-refractivity contribution is -0.167. The van der Waals surface area contributed by atoms with E-state index in [2.05, 4.69) is 27.7 Å². The van der Waals surface area contributed by atoms with Crippen molar-refractivity contribution in [3.8, 4) is 0 Å². The number of carbonyl (C=O) groups excluding carboxylic acids is 3. The zero-order valence-corrected chi connectivity index (χ0v) is 38.8. The number of hydrogen-bond donors (Lipinski definition) is 0. The molecule has 0 aliphatic carbocycles. The number of unbranched alkanes of at least 4 members (excludes halogenated alkanes) is 33. The van der Waals surface area contributed by atoms with Crippen LogP contribution in [0.4, 0.5) is 0 Å². The average molecular weight is 807 g/mol. The van der Waals surface area contributed by atoms with Crippen molar-refractivity contribution in [2.45, 2.75) is 291 Å². The highest BCUT2D eigenvalue weighted by Gasteiger charge is 2.19. The van der Waals surface area contributed by atoms with Crippen LogP contribution >= 0.6 is 0 Å². The van der Waals surface area contributed by atoms with Crippen LogP contribution in [0.15, 0.2) is 0 Å². The molecule has 6 nitrogen and oxygen atoms in total. The minimum Gasteiger partial charge on any atom is -0.462 e. The fourth-order valence-corrected chi connectivity index (χ4v) is 7.69. The van der Waals surface area contributed by atoms with Crippen LogP contribution in [0.25, 0.3) is 0 Å². The maximum Gasteiger partial charge on any atom is 0.306 e. The smallest absolute Gasteiger partial charge is 0.306 e. The summed E-state index contributed by atoms with van der Waals surface area (Å²) < 4.78 is 16.8. The van der Waals surface area contributed by atoms with Gasteiger partial charge in [0.2, 0.25) is 0 Å². The summed E-state index contributed by atoms with van der Waals surface area (Å²) in [5.74, 6) is -0.0237. The molecule has 1 atom stereocenters. The Balaban J connectivity index is 4.26. The molecular formula is C51H98O6. The Bertz CT molecular complexity index is 857. The van der Waals surface area contributed by atoms with Crippen LogP contribution in [0.2, 0.25) is 0 Å². The van der Waals surface area contributed by atoms with Crippen LogP contribution in [0, 0.1) is 5.92 Å². The van der Waals surface area contributed by atoms with E-state index in [4.69, 9.17) is 14.2 Å². The van der Waals surface area contributed by atoms with Gasteiger partial charge in [-0.3, -0.25) is 14.4 Å². The first-order chi connectivity index (χ1) is 27.9. The van der Waals surface area contributed by atoms with Crippen molar-refractivity contribution in [3.63, 3.8) is 0 Å². The molecule has 0 aromatic heterocycles. The Labute approximate surface area is 355 Å². The van der Waals surface area contributed by atoms with Crippen LogP contribution in [0.1, 0.15) is 285 Å². The predicted octanol–water partition coefficient (Wildman–Crippen LogP) is 16.3. The van der Waals surface area contributed by atoms with Crippen molar-refractivity contribution in [1.29, 1.82) is 0 Å². The second-order valence-corrected chi connectivity index (χ2v) is 17.9. The number of rotatable bonds is 46. The Morgan fingerprint density at radius 1 is 0.333 bits per heavy atom. The molecule has 0 saturated carbocycles. The molecule has 0 rings (SSSR count). The first-order valence-corrected chi connectivity index (χ1v) is 25.4. The van der Waals surface area contributed by atoms with E-state index in [0.717, 1.165) is 63.7 Å². The molecule has 0 aromatic carbocycles. The molecule has 0 aromatic rings. The minimum absolute atomic E-state index is 0.0630. The van der Waals surface area contributed by atoms with E-state index in [0.29, 0.717) is 19.3 Å². The highest BCUT2D eigenvalue weighted by molar-refractivity contribution is 5.71. The maximum atomic E-state index is 12.8.